The van der Waals surface area contributed by atoms with E-state index < -0.39 is 26.6 Å². The van der Waals surface area contributed by atoms with E-state index in [-0.39, 0.29) is 24.9 Å². The van der Waals surface area contributed by atoms with Crippen LogP contribution < -0.4 is 10.2 Å². The molecule has 9 nitrogen and oxygen atoms in total. The molecule has 0 aliphatic rings. The number of phosphoric ester groups is 1. The molecule has 0 bridgehead atoms. The Labute approximate surface area is 536 Å². The summed E-state index contributed by atoms with van der Waals surface area (Å²) in [7, 11) is 1.15. The number of esters is 1. The number of unbranched alkanes of at least 4 members (excludes halogenated alkanes) is 24. The van der Waals surface area contributed by atoms with Crippen LogP contribution in [0.2, 0.25) is 0 Å². The molecule has 0 aliphatic heterocycles. The number of hydrogen-bond donors (Lipinski definition) is 1. The number of nitrogens with zero attached hydrogens (tertiary/aromatic N) is 1. The van der Waals surface area contributed by atoms with Gasteiger partial charge in [0, 0.05) is 12.8 Å². The van der Waals surface area contributed by atoms with E-state index in [4.69, 9.17) is 13.8 Å². The fraction of sp³-hybridized carbons (Fsp3) is 0.662. The molecule has 3 unspecified atom stereocenters. The van der Waals surface area contributed by atoms with Gasteiger partial charge in [-0.15, -0.1) is 0 Å². The summed E-state index contributed by atoms with van der Waals surface area (Å²) in [6.07, 6.45) is 93.9. The molecule has 0 aromatic rings. The molecule has 1 N–H and O–H groups in total. The topological polar surface area (TPSA) is 114 Å². The largest absolute Gasteiger partial charge is 0.756 e. The van der Waals surface area contributed by atoms with Crippen LogP contribution in [0.25, 0.3) is 0 Å². The van der Waals surface area contributed by atoms with Gasteiger partial charge in [0.25, 0.3) is 7.82 Å². The Morgan fingerprint density at radius 3 is 1.10 bits per heavy atom. The summed E-state index contributed by atoms with van der Waals surface area (Å²) in [4.78, 5) is 40.2. The van der Waals surface area contributed by atoms with Gasteiger partial charge in [0.2, 0.25) is 5.91 Å². The SMILES string of the molecule is CC/C=C\C/C=C\C/C=C\C/C=C\C/C=C\C/C=C\CCCCCCCCCCC(=O)OC(/C=C/CCCCCCCCCCC)C(COP(=O)([O-])OCC[N+](C)(C)C)NC(=O)CCCCCCCCC/C=C\C/C=C\C/C=C\C/C=C\C/C=C\CC. The van der Waals surface area contributed by atoms with E-state index in [0.717, 1.165) is 148 Å². The number of rotatable bonds is 62. The number of hydrogen-bond acceptors (Lipinski definition) is 7. The van der Waals surface area contributed by atoms with Gasteiger partial charge in [-0.3, -0.25) is 14.2 Å². The van der Waals surface area contributed by atoms with Crippen molar-refractivity contribution >= 4 is 19.7 Å². The highest BCUT2D eigenvalue weighted by Crippen LogP contribution is 2.38. The smallest absolute Gasteiger partial charge is 0.306 e. The van der Waals surface area contributed by atoms with Crippen molar-refractivity contribution in [3.63, 3.8) is 0 Å². The molecule has 0 aromatic heterocycles. The number of quaternary nitrogens is 1. The molecule has 0 aliphatic carbocycles. The van der Waals surface area contributed by atoms with Crippen LogP contribution >= 0.6 is 7.82 Å². The third kappa shape index (κ3) is 66.1. The van der Waals surface area contributed by atoms with Crippen molar-refractivity contribution in [3.8, 4) is 0 Å². The number of allylic oxidation sites excluding steroid dienone is 23. The summed E-state index contributed by atoms with van der Waals surface area (Å²) in [6.45, 7) is 6.59. The molecule has 0 saturated carbocycles. The van der Waals surface area contributed by atoms with Gasteiger partial charge in [0.15, 0.2) is 0 Å². The summed E-state index contributed by atoms with van der Waals surface area (Å²) < 4.78 is 30.4. The molecule has 87 heavy (non-hydrogen) atoms. The second-order valence-electron chi connectivity index (χ2n) is 24.3. The van der Waals surface area contributed by atoms with E-state index in [0.29, 0.717) is 23.9 Å². The molecular weight excluding hydrogens is 1100 g/mol. The van der Waals surface area contributed by atoms with Crippen molar-refractivity contribution in [1.82, 2.24) is 5.32 Å². The molecule has 10 heteroatoms. The number of carbonyl (C=O) groups excluding carboxylic acids is 2. The highest BCUT2D eigenvalue weighted by Gasteiger charge is 2.27. The summed E-state index contributed by atoms with van der Waals surface area (Å²) in [5, 5.41) is 3.03. The van der Waals surface area contributed by atoms with E-state index in [1.54, 1.807) is 0 Å². The minimum absolute atomic E-state index is 0.0340. The highest BCUT2D eigenvalue weighted by atomic mass is 31.2. The number of carbonyl (C=O) groups is 2. The minimum atomic E-state index is -4.72. The van der Waals surface area contributed by atoms with Crippen LogP contribution in [0.4, 0.5) is 0 Å². The first-order valence-corrected chi connectivity index (χ1v) is 36.6. The minimum Gasteiger partial charge on any atom is -0.756 e. The average molecular weight is 1230 g/mol. The maximum absolute atomic E-state index is 13.6. The lowest BCUT2D eigenvalue weighted by Gasteiger charge is -2.30. The van der Waals surface area contributed by atoms with Crippen LogP contribution in [0, 0.1) is 0 Å². The number of nitrogens with one attached hydrogen (secondary N) is 1. The predicted octanol–water partition coefficient (Wildman–Crippen LogP) is 21.9. The number of amides is 1. The van der Waals surface area contributed by atoms with Gasteiger partial charge < -0.3 is 28.5 Å². The second kappa shape index (κ2) is 64.9. The predicted molar refractivity (Wildman–Crippen MR) is 376 cm³/mol. The van der Waals surface area contributed by atoms with E-state index in [9.17, 15) is 19.0 Å². The third-order valence-corrected chi connectivity index (χ3v) is 15.7. The Kier molecular flexibility index (Phi) is 61.8. The van der Waals surface area contributed by atoms with Gasteiger partial charge in [-0.1, -0.05) is 283 Å². The van der Waals surface area contributed by atoms with Crippen molar-refractivity contribution in [2.24, 2.45) is 0 Å². The van der Waals surface area contributed by atoms with Crippen molar-refractivity contribution in [2.45, 2.75) is 290 Å². The fourth-order valence-corrected chi connectivity index (χ4v) is 10.2. The van der Waals surface area contributed by atoms with Crippen molar-refractivity contribution in [2.75, 3.05) is 40.9 Å². The van der Waals surface area contributed by atoms with Crippen LogP contribution in [0.5, 0.6) is 0 Å². The maximum atomic E-state index is 13.6. The van der Waals surface area contributed by atoms with Crippen molar-refractivity contribution in [3.05, 3.63) is 146 Å². The maximum Gasteiger partial charge on any atom is 0.306 e. The van der Waals surface area contributed by atoms with E-state index in [1.807, 2.05) is 33.3 Å². The van der Waals surface area contributed by atoms with Gasteiger partial charge in [-0.25, -0.2) is 0 Å². The van der Waals surface area contributed by atoms with Crippen LogP contribution in [-0.2, 0) is 27.9 Å². The molecule has 0 aromatic carbocycles. The lowest BCUT2D eigenvalue weighted by molar-refractivity contribution is -0.870. The number of likely N-dealkylation sites (N-methyl/N-ethyl adjacent to an activating group) is 1. The molecule has 0 fully saturated rings. The van der Waals surface area contributed by atoms with Crippen molar-refractivity contribution in [1.29, 1.82) is 0 Å². The first-order valence-electron chi connectivity index (χ1n) is 35.1. The normalized spacial score (nSPS) is 14.4. The van der Waals surface area contributed by atoms with Crippen LogP contribution in [-0.4, -0.2) is 69.4 Å². The van der Waals surface area contributed by atoms with E-state index >= 15 is 0 Å². The van der Waals surface area contributed by atoms with Crippen LogP contribution in [0.1, 0.15) is 278 Å². The lowest BCUT2D eigenvalue weighted by Crippen LogP contribution is -2.47. The van der Waals surface area contributed by atoms with Crippen LogP contribution in [0.3, 0.4) is 0 Å². The third-order valence-electron chi connectivity index (χ3n) is 14.8. The van der Waals surface area contributed by atoms with Gasteiger partial charge in [-0.05, 0) is 128 Å². The zero-order chi connectivity index (χ0) is 63.5. The standard InChI is InChI=1S/C77H131N2O7P/c1-7-10-13-16-19-22-25-27-29-31-33-35-37-38-39-40-42-44-46-48-50-52-55-58-61-64-67-70-77(81)86-75(68-65-62-59-56-53-24-21-18-15-12-9-3)74(73-85-87(82,83)84-72-71-79(4,5)6)78-76(80)69-66-63-60-57-54-51-49-47-45-43-41-36-34-32-30-28-26-23-20-17-14-11-8-2/h10-11,13-14,19-20,22-23,27-30,33-36,38-39,42-45,65,68,74-75H,7-9,12,15-18,21,24-26,31-32,37,40-41,46-64,66-67,69-73H2,1-6H3,(H-,78,80,82,83)/b13-10-,14-11-,22-19-,23-20-,29-27-,30-28-,35-33-,36-34-,39-38-,44-42-,45-43-,68-65+. The summed E-state index contributed by atoms with van der Waals surface area (Å²) in [5.41, 5.74) is 0. The monoisotopic (exact) mass is 1230 g/mol. The Balaban J connectivity index is 5.10. The van der Waals surface area contributed by atoms with E-state index in [1.165, 1.54) is 89.9 Å². The Bertz CT molecular complexity index is 2000. The summed E-state index contributed by atoms with van der Waals surface area (Å²) >= 11 is 0. The van der Waals surface area contributed by atoms with Gasteiger partial charge in [-0.2, -0.15) is 0 Å². The molecule has 0 radical (unpaired) electrons. The first kappa shape index (κ1) is 82.9. The fourth-order valence-electron chi connectivity index (χ4n) is 9.43. The highest BCUT2D eigenvalue weighted by molar-refractivity contribution is 7.45. The zero-order valence-electron chi connectivity index (χ0n) is 56.7. The quantitative estimate of drug-likeness (QED) is 0.0212. The molecule has 0 heterocycles. The lowest BCUT2D eigenvalue weighted by atomic mass is 10.1. The van der Waals surface area contributed by atoms with Gasteiger partial charge in [0.05, 0.1) is 33.8 Å². The van der Waals surface area contributed by atoms with Gasteiger partial charge in [0.1, 0.15) is 19.3 Å². The Morgan fingerprint density at radius 1 is 0.414 bits per heavy atom. The average Bonchev–Trinajstić information content (AvgIpc) is 3.70. The molecule has 0 spiro atoms. The summed E-state index contributed by atoms with van der Waals surface area (Å²) in [6, 6.07) is -0.910. The second-order valence-corrected chi connectivity index (χ2v) is 25.7. The molecule has 0 saturated heterocycles. The Morgan fingerprint density at radius 2 is 0.736 bits per heavy atom. The molecule has 496 valence electrons. The molecular formula is C77H131N2O7P. The van der Waals surface area contributed by atoms with Crippen molar-refractivity contribution < 1.29 is 37.3 Å². The number of phosphoric acid groups is 1. The van der Waals surface area contributed by atoms with Gasteiger partial charge >= 0.3 is 5.97 Å². The first-order chi connectivity index (χ1) is 42.4. The zero-order valence-corrected chi connectivity index (χ0v) is 57.6. The number of ether oxygens (including phenoxy) is 1. The summed E-state index contributed by atoms with van der Waals surface area (Å²) in [5.74, 6) is -0.571. The molecule has 3 atom stereocenters. The van der Waals surface area contributed by atoms with E-state index in [2.05, 4.69) is 160 Å². The molecule has 0 rings (SSSR count). The Hall–Kier alpha value is -4.11. The van der Waals surface area contributed by atoms with Crippen LogP contribution in [0.15, 0.2) is 146 Å². The molecule has 1 amide bonds.